The van der Waals surface area contributed by atoms with E-state index < -0.39 is 0 Å². The van der Waals surface area contributed by atoms with Crippen LogP contribution in [-0.2, 0) is 6.54 Å². The smallest absolute Gasteiger partial charge is 0.0230 e. The zero-order valence-electron chi connectivity index (χ0n) is 11.1. The van der Waals surface area contributed by atoms with Crippen molar-refractivity contribution in [3.63, 3.8) is 0 Å². The molecule has 1 aromatic rings. The highest BCUT2D eigenvalue weighted by Crippen LogP contribution is 2.15. The molecule has 0 aliphatic heterocycles. The Balaban J connectivity index is 2.31. The SMILES string of the molecule is CSc1ccc(CN(C)CCCC(C)N)cc1. The highest BCUT2D eigenvalue weighted by Gasteiger charge is 2.01. The van der Waals surface area contributed by atoms with Crippen LogP contribution in [0.25, 0.3) is 0 Å². The predicted octanol–water partition coefficient (Wildman–Crippen LogP) is 2.97. The van der Waals surface area contributed by atoms with E-state index in [4.69, 9.17) is 5.73 Å². The van der Waals surface area contributed by atoms with Gasteiger partial charge in [0, 0.05) is 17.5 Å². The Morgan fingerprint density at radius 3 is 2.47 bits per heavy atom. The van der Waals surface area contributed by atoms with Crippen LogP contribution in [0.5, 0.6) is 0 Å². The van der Waals surface area contributed by atoms with Crippen molar-refractivity contribution < 1.29 is 0 Å². The van der Waals surface area contributed by atoms with Gasteiger partial charge in [0.15, 0.2) is 0 Å². The Bertz CT molecular complexity index is 309. The molecule has 0 radical (unpaired) electrons. The molecule has 1 rings (SSSR count). The van der Waals surface area contributed by atoms with Crippen LogP contribution in [0.1, 0.15) is 25.3 Å². The van der Waals surface area contributed by atoms with Crippen LogP contribution in [0.4, 0.5) is 0 Å². The van der Waals surface area contributed by atoms with Crippen molar-refractivity contribution in [3.8, 4) is 0 Å². The summed E-state index contributed by atoms with van der Waals surface area (Å²) < 4.78 is 0. The Labute approximate surface area is 110 Å². The molecule has 17 heavy (non-hydrogen) atoms. The van der Waals surface area contributed by atoms with Crippen LogP contribution in [0.15, 0.2) is 29.2 Å². The summed E-state index contributed by atoms with van der Waals surface area (Å²) >= 11 is 1.79. The van der Waals surface area contributed by atoms with Gasteiger partial charge in [0.25, 0.3) is 0 Å². The maximum atomic E-state index is 5.74. The molecular formula is C14H24N2S. The molecule has 0 bridgehead atoms. The molecule has 1 aromatic carbocycles. The molecular weight excluding hydrogens is 228 g/mol. The highest BCUT2D eigenvalue weighted by atomic mass is 32.2. The van der Waals surface area contributed by atoms with Crippen molar-refractivity contribution in [2.75, 3.05) is 19.8 Å². The summed E-state index contributed by atoms with van der Waals surface area (Å²) in [6, 6.07) is 9.14. The molecule has 0 heterocycles. The Kier molecular flexibility index (Phi) is 6.63. The first kappa shape index (κ1) is 14.6. The van der Waals surface area contributed by atoms with Gasteiger partial charge in [-0.2, -0.15) is 0 Å². The molecule has 2 N–H and O–H groups in total. The summed E-state index contributed by atoms with van der Waals surface area (Å²) in [7, 11) is 2.17. The average molecular weight is 252 g/mol. The molecule has 3 heteroatoms. The van der Waals surface area contributed by atoms with E-state index in [1.807, 2.05) is 0 Å². The normalized spacial score (nSPS) is 13.0. The molecule has 96 valence electrons. The molecule has 2 nitrogen and oxygen atoms in total. The van der Waals surface area contributed by atoms with Gasteiger partial charge in [-0.15, -0.1) is 11.8 Å². The van der Waals surface area contributed by atoms with Gasteiger partial charge < -0.3 is 10.6 Å². The van der Waals surface area contributed by atoms with Gasteiger partial charge in [0.1, 0.15) is 0 Å². The molecule has 0 saturated heterocycles. The number of benzene rings is 1. The van der Waals surface area contributed by atoms with Crippen LogP contribution in [-0.4, -0.2) is 30.8 Å². The molecule has 0 saturated carbocycles. The lowest BCUT2D eigenvalue weighted by molar-refractivity contribution is 0.315. The van der Waals surface area contributed by atoms with Crippen molar-refractivity contribution in [1.29, 1.82) is 0 Å². The van der Waals surface area contributed by atoms with Gasteiger partial charge in [-0.05, 0) is 57.3 Å². The topological polar surface area (TPSA) is 29.3 Å². The van der Waals surface area contributed by atoms with Crippen molar-refractivity contribution in [2.45, 2.75) is 37.2 Å². The minimum atomic E-state index is 0.323. The van der Waals surface area contributed by atoms with E-state index in [0.717, 1.165) is 19.5 Å². The minimum Gasteiger partial charge on any atom is -0.328 e. The fourth-order valence-corrected chi connectivity index (χ4v) is 2.21. The third-order valence-electron chi connectivity index (χ3n) is 2.81. The van der Waals surface area contributed by atoms with E-state index in [9.17, 15) is 0 Å². The van der Waals surface area contributed by atoms with Crippen molar-refractivity contribution in [2.24, 2.45) is 5.73 Å². The minimum absolute atomic E-state index is 0.323. The lowest BCUT2D eigenvalue weighted by atomic mass is 10.2. The molecule has 1 atom stereocenters. The van der Waals surface area contributed by atoms with Crippen molar-refractivity contribution in [3.05, 3.63) is 29.8 Å². The van der Waals surface area contributed by atoms with Crippen molar-refractivity contribution in [1.82, 2.24) is 4.90 Å². The number of hydrogen-bond donors (Lipinski definition) is 1. The van der Waals surface area contributed by atoms with Gasteiger partial charge in [0.05, 0.1) is 0 Å². The molecule has 0 fully saturated rings. The predicted molar refractivity (Wildman–Crippen MR) is 77.4 cm³/mol. The second-order valence-electron chi connectivity index (χ2n) is 4.71. The molecule has 0 spiro atoms. The first-order valence-electron chi connectivity index (χ1n) is 6.19. The van der Waals surface area contributed by atoms with E-state index in [2.05, 4.69) is 49.4 Å². The number of nitrogens with zero attached hydrogens (tertiary/aromatic N) is 1. The van der Waals surface area contributed by atoms with E-state index in [1.165, 1.54) is 16.9 Å². The maximum Gasteiger partial charge on any atom is 0.0230 e. The lowest BCUT2D eigenvalue weighted by Crippen LogP contribution is -2.22. The van der Waals surface area contributed by atoms with Gasteiger partial charge in [-0.3, -0.25) is 0 Å². The fraction of sp³-hybridized carbons (Fsp3) is 0.571. The molecule has 0 amide bonds. The van der Waals surface area contributed by atoms with Gasteiger partial charge >= 0.3 is 0 Å². The summed E-state index contributed by atoms with van der Waals surface area (Å²) in [5, 5.41) is 0. The fourth-order valence-electron chi connectivity index (χ4n) is 1.80. The monoisotopic (exact) mass is 252 g/mol. The van der Waals surface area contributed by atoms with Crippen LogP contribution in [0.3, 0.4) is 0 Å². The van der Waals surface area contributed by atoms with E-state index >= 15 is 0 Å². The second kappa shape index (κ2) is 7.75. The average Bonchev–Trinajstić information content (AvgIpc) is 2.29. The zero-order chi connectivity index (χ0) is 12.7. The summed E-state index contributed by atoms with van der Waals surface area (Å²) in [4.78, 5) is 3.68. The molecule has 0 aliphatic carbocycles. The summed E-state index contributed by atoms with van der Waals surface area (Å²) in [6.07, 6.45) is 4.39. The van der Waals surface area contributed by atoms with E-state index in [0.29, 0.717) is 6.04 Å². The number of thioether (sulfide) groups is 1. The summed E-state index contributed by atoms with van der Waals surface area (Å²) in [5.41, 5.74) is 7.12. The van der Waals surface area contributed by atoms with Crippen LogP contribution in [0.2, 0.25) is 0 Å². The van der Waals surface area contributed by atoms with Gasteiger partial charge in [-0.1, -0.05) is 12.1 Å². The lowest BCUT2D eigenvalue weighted by Gasteiger charge is -2.17. The Hall–Kier alpha value is -0.510. The first-order valence-corrected chi connectivity index (χ1v) is 7.41. The molecule has 0 aliphatic rings. The quantitative estimate of drug-likeness (QED) is 0.757. The first-order chi connectivity index (χ1) is 8.11. The van der Waals surface area contributed by atoms with Crippen LogP contribution >= 0.6 is 11.8 Å². The summed E-state index contributed by atoms with van der Waals surface area (Å²) in [6.45, 7) is 4.21. The maximum absolute atomic E-state index is 5.74. The van der Waals surface area contributed by atoms with Gasteiger partial charge in [0.2, 0.25) is 0 Å². The van der Waals surface area contributed by atoms with Gasteiger partial charge in [-0.25, -0.2) is 0 Å². The van der Waals surface area contributed by atoms with E-state index in [-0.39, 0.29) is 0 Å². The number of nitrogens with two attached hydrogens (primary N) is 1. The Morgan fingerprint density at radius 1 is 1.29 bits per heavy atom. The standard InChI is InChI=1S/C14H24N2S/c1-12(15)5-4-10-16(2)11-13-6-8-14(17-3)9-7-13/h6-9,12H,4-5,10-11,15H2,1-3H3. The van der Waals surface area contributed by atoms with Crippen LogP contribution < -0.4 is 5.73 Å². The third-order valence-corrected chi connectivity index (χ3v) is 3.55. The highest BCUT2D eigenvalue weighted by molar-refractivity contribution is 7.98. The zero-order valence-corrected chi connectivity index (χ0v) is 12.0. The largest absolute Gasteiger partial charge is 0.328 e. The molecule has 1 unspecified atom stereocenters. The Morgan fingerprint density at radius 2 is 1.94 bits per heavy atom. The second-order valence-corrected chi connectivity index (χ2v) is 5.59. The third kappa shape index (κ3) is 6.10. The summed E-state index contributed by atoms with van der Waals surface area (Å²) in [5.74, 6) is 0. The number of rotatable bonds is 7. The number of hydrogen-bond acceptors (Lipinski definition) is 3. The van der Waals surface area contributed by atoms with E-state index in [1.54, 1.807) is 11.8 Å². The van der Waals surface area contributed by atoms with Crippen molar-refractivity contribution >= 4 is 11.8 Å². The molecule has 0 aromatic heterocycles. The van der Waals surface area contributed by atoms with Crippen LogP contribution in [0, 0.1) is 0 Å².